The number of ether oxygens (including phenoxy) is 2. The van der Waals surface area contributed by atoms with Gasteiger partial charge in [-0.3, -0.25) is 4.79 Å². The number of aromatic nitrogens is 3. The van der Waals surface area contributed by atoms with E-state index in [4.69, 9.17) is 9.47 Å². The van der Waals surface area contributed by atoms with Gasteiger partial charge in [0.15, 0.2) is 17.3 Å². The lowest BCUT2D eigenvalue weighted by molar-refractivity contribution is 0.354. The molecule has 0 aliphatic carbocycles. The summed E-state index contributed by atoms with van der Waals surface area (Å²) in [6.45, 7) is 0. The van der Waals surface area contributed by atoms with E-state index in [1.54, 1.807) is 20.3 Å². The van der Waals surface area contributed by atoms with Crippen LogP contribution in [0.2, 0.25) is 0 Å². The smallest absolute Gasteiger partial charge is 0.291 e. The summed E-state index contributed by atoms with van der Waals surface area (Å²) in [6.07, 6.45) is 1.77. The summed E-state index contributed by atoms with van der Waals surface area (Å²) in [5, 5.41) is 4.35. The van der Waals surface area contributed by atoms with Crippen molar-refractivity contribution in [1.29, 1.82) is 0 Å². The Hall–Kier alpha value is -3.19. The van der Waals surface area contributed by atoms with Crippen LogP contribution in [0.5, 0.6) is 11.5 Å². The Balaban J connectivity index is 1.84. The molecule has 4 rings (SSSR count). The minimum atomic E-state index is -0.204. The van der Waals surface area contributed by atoms with E-state index in [9.17, 15) is 4.79 Å². The summed E-state index contributed by atoms with van der Waals surface area (Å²) in [5.74, 6) is 1.73. The van der Waals surface area contributed by atoms with Crippen molar-refractivity contribution < 1.29 is 9.47 Å². The summed E-state index contributed by atoms with van der Waals surface area (Å²) >= 11 is 1.29. The van der Waals surface area contributed by atoms with Gasteiger partial charge in [-0.2, -0.15) is 9.50 Å². The first-order valence-corrected chi connectivity index (χ1v) is 8.70. The molecular weight excluding hydrogens is 350 g/mol. The van der Waals surface area contributed by atoms with Gasteiger partial charge in [-0.05, 0) is 12.1 Å². The molecule has 0 amide bonds. The molecule has 4 aromatic rings. The number of methoxy groups -OCH3 is 2. The summed E-state index contributed by atoms with van der Waals surface area (Å²) in [5.41, 5.74) is 1.43. The fraction of sp³-hybridized carbons (Fsp3) is 0.105. The highest BCUT2D eigenvalue weighted by Gasteiger charge is 2.13. The van der Waals surface area contributed by atoms with Gasteiger partial charge in [-0.1, -0.05) is 53.8 Å². The van der Waals surface area contributed by atoms with Crippen LogP contribution in [0, 0.1) is 0 Å². The highest BCUT2D eigenvalue weighted by atomic mass is 32.1. The van der Waals surface area contributed by atoms with E-state index >= 15 is 0 Å². The Bertz CT molecular complexity index is 1180. The second kappa shape index (κ2) is 6.61. The molecular formula is C19H15N3O3S. The fourth-order valence-corrected chi connectivity index (χ4v) is 3.61. The van der Waals surface area contributed by atoms with Crippen LogP contribution in [-0.2, 0) is 0 Å². The molecule has 0 bridgehead atoms. The number of fused-ring (bicyclic) bond motifs is 1. The SMILES string of the molecule is COc1cccc(C=c2sc3nc(-c4ccccc4)nn3c2=O)c1OC. The van der Waals surface area contributed by atoms with E-state index < -0.39 is 0 Å². The van der Waals surface area contributed by atoms with E-state index in [0.717, 1.165) is 11.1 Å². The van der Waals surface area contributed by atoms with E-state index in [2.05, 4.69) is 10.1 Å². The first-order valence-electron chi connectivity index (χ1n) is 7.89. The van der Waals surface area contributed by atoms with Crippen molar-refractivity contribution in [3.63, 3.8) is 0 Å². The quantitative estimate of drug-likeness (QED) is 0.556. The predicted molar refractivity (Wildman–Crippen MR) is 101 cm³/mol. The molecule has 0 fully saturated rings. The Morgan fingerprint density at radius 2 is 1.85 bits per heavy atom. The van der Waals surface area contributed by atoms with Gasteiger partial charge in [0.1, 0.15) is 0 Å². The lowest BCUT2D eigenvalue weighted by Gasteiger charge is -2.09. The number of thiazole rings is 1. The molecule has 0 atom stereocenters. The minimum Gasteiger partial charge on any atom is -0.493 e. The van der Waals surface area contributed by atoms with Crippen molar-refractivity contribution in [2.75, 3.05) is 14.2 Å². The Morgan fingerprint density at radius 1 is 1.04 bits per heavy atom. The van der Waals surface area contributed by atoms with Crippen LogP contribution in [0.1, 0.15) is 5.56 Å². The van der Waals surface area contributed by atoms with Crippen molar-refractivity contribution in [3.8, 4) is 22.9 Å². The maximum absolute atomic E-state index is 12.7. The summed E-state index contributed by atoms with van der Waals surface area (Å²) < 4.78 is 12.6. The van der Waals surface area contributed by atoms with Gasteiger partial charge in [-0.25, -0.2) is 0 Å². The van der Waals surface area contributed by atoms with Crippen LogP contribution in [0.4, 0.5) is 0 Å². The average molecular weight is 365 g/mol. The Labute approximate surface area is 153 Å². The van der Waals surface area contributed by atoms with E-state index in [-0.39, 0.29) is 5.56 Å². The van der Waals surface area contributed by atoms with Crippen LogP contribution in [0.3, 0.4) is 0 Å². The Kier molecular flexibility index (Phi) is 4.14. The van der Waals surface area contributed by atoms with Crippen LogP contribution in [0.25, 0.3) is 22.4 Å². The molecule has 2 aromatic heterocycles. The number of hydrogen-bond acceptors (Lipinski definition) is 6. The number of rotatable bonds is 4. The zero-order valence-electron chi connectivity index (χ0n) is 14.2. The molecule has 0 N–H and O–H groups in total. The topological polar surface area (TPSA) is 65.7 Å². The van der Waals surface area contributed by atoms with Gasteiger partial charge in [0.05, 0.1) is 18.8 Å². The summed E-state index contributed by atoms with van der Waals surface area (Å²) in [4.78, 5) is 17.7. The molecule has 0 saturated heterocycles. The third-order valence-corrected chi connectivity index (χ3v) is 4.89. The summed E-state index contributed by atoms with van der Waals surface area (Å²) in [7, 11) is 3.15. The number of para-hydroxylation sites is 1. The van der Waals surface area contributed by atoms with Crippen molar-refractivity contribution in [2.24, 2.45) is 0 Å². The predicted octanol–water partition coefficient (Wildman–Crippen LogP) is 2.38. The third kappa shape index (κ3) is 2.72. The van der Waals surface area contributed by atoms with Gasteiger partial charge < -0.3 is 9.47 Å². The first-order chi connectivity index (χ1) is 12.7. The first kappa shape index (κ1) is 16.3. The molecule has 0 aliphatic heterocycles. The lowest BCUT2D eigenvalue weighted by Crippen LogP contribution is -2.23. The molecule has 2 heterocycles. The van der Waals surface area contributed by atoms with Crippen molar-refractivity contribution >= 4 is 22.4 Å². The molecule has 130 valence electrons. The van der Waals surface area contributed by atoms with Gasteiger partial charge in [0, 0.05) is 11.1 Å². The molecule has 7 heteroatoms. The highest BCUT2D eigenvalue weighted by Crippen LogP contribution is 2.31. The standard InChI is InChI=1S/C19H15N3O3S/c1-24-14-10-6-9-13(16(14)25-2)11-15-18(23)22-19(26-15)20-17(21-22)12-7-4-3-5-8-12/h3-11H,1-2H3. The zero-order chi connectivity index (χ0) is 18.1. The second-order valence-electron chi connectivity index (χ2n) is 5.49. The molecule has 0 saturated carbocycles. The average Bonchev–Trinajstić information content (AvgIpc) is 3.22. The maximum atomic E-state index is 12.7. The van der Waals surface area contributed by atoms with Crippen LogP contribution in [0.15, 0.2) is 53.3 Å². The largest absolute Gasteiger partial charge is 0.493 e. The molecule has 2 aromatic carbocycles. The number of benzene rings is 2. The molecule has 6 nitrogen and oxygen atoms in total. The molecule has 26 heavy (non-hydrogen) atoms. The third-order valence-electron chi connectivity index (χ3n) is 3.93. The van der Waals surface area contributed by atoms with Crippen molar-refractivity contribution in [1.82, 2.24) is 14.6 Å². The van der Waals surface area contributed by atoms with Crippen molar-refractivity contribution in [3.05, 3.63) is 69.0 Å². The molecule has 0 spiro atoms. The Morgan fingerprint density at radius 3 is 2.54 bits per heavy atom. The monoisotopic (exact) mass is 365 g/mol. The summed E-state index contributed by atoms with van der Waals surface area (Å²) in [6, 6.07) is 15.1. The van der Waals surface area contributed by atoms with E-state index in [1.165, 1.54) is 15.9 Å². The van der Waals surface area contributed by atoms with Crippen LogP contribution >= 0.6 is 11.3 Å². The highest BCUT2D eigenvalue weighted by molar-refractivity contribution is 7.15. The lowest BCUT2D eigenvalue weighted by atomic mass is 10.2. The molecule has 0 unspecified atom stereocenters. The normalized spacial score (nSPS) is 11.8. The number of hydrogen-bond donors (Lipinski definition) is 0. The fourth-order valence-electron chi connectivity index (χ4n) is 2.71. The van der Waals surface area contributed by atoms with E-state index in [1.807, 2.05) is 48.5 Å². The van der Waals surface area contributed by atoms with Gasteiger partial charge in [0.2, 0.25) is 4.96 Å². The van der Waals surface area contributed by atoms with Crippen molar-refractivity contribution in [2.45, 2.75) is 0 Å². The van der Waals surface area contributed by atoms with E-state index in [0.29, 0.717) is 26.8 Å². The van der Waals surface area contributed by atoms with Gasteiger partial charge in [-0.15, -0.1) is 5.10 Å². The van der Waals surface area contributed by atoms with Gasteiger partial charge >= 0.3 is 0 Å². The van der Waals surface area contributed by atoms with Crippen LogP contribution in [-0.4, -0.2) is 28.8 Å². The number of nitrogens with zero attached hydrogens (tertiary/aromatic N) is 3. The minimum absolute atomic E-state index is 0.204. The maximum Gasteiger partial charge on any atom is 0.291 e. The zero-order valence-corrected chi connectivity index (χ0v) is 15.0. The molecule has 0 radical (unpaired) electrons. The second-order valence-corrected chi connectivity index (χ2v) is 6.50. The van der Waals surface area contributed by atoms with Gasteiger partial charge in [0.25, 0.3) is 5.56 Å². The molecule has 0 aliphatic rings. The van der Waals surface area contributed by atoms with Crippen LogP contribution < -0.4 is 19.6 Å².